The van der Waals surface area contributed by atoms with Crippen LogP contribution in [-0.2, 0) is 12.1 Å². The van der Waals surface area contributed by atoms with Crippen molar-refractivity contribution in [2.45, 2.75) is 35.6 Å². The number of nitrogens with zero attached hydrogens (tertiary/aromatic N) is 5. The maximum Gasteiger partial charge on any atom is 0.329 e. The third kappa shape index (κ3) is 4.42. The summed E-state index contributed by atoms with van der Waals surface area (Å²) in [4.78, 5) is 8.08. The Morgan fingerprint density at radius 3 is 2.89 bits per heavy atom. The molecular weight excluding hydrogens is 396 g/mol. The van der Waals surface area contributed by atoms with Gasteiger partial charge >= 0.3 is 6.01 Å². The normalized spacial score (nSPS) is 14.7. The number of aromatic nitrogens is 5. The Hall–Kier alpha value is -2.11. The van der Waals surface area contributed by atoms with Gasteiger partial charge in [-0.1, -0.05) is 17.8 Å². The molecule has 0 spiro atoms. The van der Waals surface area contributed by atoms with Gasteiger partial charge in [-0.3, -0.25) is 0 Å². The van der Waals surface area contributed by atoms with Crippen molar-refractivity contribution in [3.63, 3.8) is 0 Å². The third-order valence-corrected chi connectivity index (χ3v) is 5.92. The van der Waals surface area contributed by atoms with Crippen LogP contribution < -0.4 is 4.74 Å². The van der Waals surface area contributed by atoms with Gasteiger partial charge in [-0.05, 0) is 31.4 Å². The van der Waals surface area contributed by atoms with Crippen molar-refractivity contribution in [3.8, 4) is 6.01 Å². The summed E-state index contributed by atoms with van der Waals surface area (Å²) in [6.07, 6.45) is 2.74. The van der Waals surface area contributed by atoms with E-state index in [0.717, 1.165) is 23.7 Å². The Kier molecular flexibility index (Phi) is 6.02. The minimum Gasteiger partial charge on any atom is -0.463 e. The number of ether oxygens (including phenoxy) is 1. The number of benzene rings is 1. The molecule has 27 heavy (non-hydrogen) atoms. The molecule has 7 nitrogen and oxygen atoms in total. The van der Waals surface area contributed by atoms with Gasteiger partial charge in [-0.2, -0.15) is 10.1 Å². The fraction of sp³-hybridized carbons (Fsp3) is 0.375. The number of rotatable bonds is 8. The van der Waals surface area contributed by atoms with Gasteiger partial charge in [0.15, 0.2) is 4.34 Å². The second-order valence-corrected chi connectivity index (χ2v) is 8.02. The van der Waals surface area contributed by atoms with E-state index >= 15 is 0 Å². The zero-order valence-electron chi connectivity index (χ0n) is 14.5. The first kappa shape index (κ1) is 19.6. The summed E-state index contributed by atoms with van der Waals surface area (Å²) >= 11 is 2.34. The van der Waals surface area contributed by atoms with Crippen LogP contribution >= 0.6 is 23.3 Å². The Balaban J connectivity index is 1.92. The van der Waals surface area contributed by atoms with Gasteiger partial charge in [0.1, 0.15) is 29.9 Å². The predicted molar refractivity (Wildman–Crippen MR) is 96.7 cm³/mol. The molecule has 0 radical (unpaired) electrons. The first-order valence-corrected chi connectivity index (χ1v) is 9.71. The number of hydrogen-bond acceptors (Lipinski definition) is 8. The molecule has 0 bridgehead atoms. The molecule has 0 aliphatic carbocycles. The molecule has 2 heterocycles. The van der Waals surface area contributed by atoms with E-state index in [1.165, 1.54) is 35.2 Å². The van der Waals surface area contributed by atoms with Gasteiger partial charge in [0.05, 0.1) is 13.2 Å². The van der Waals surface area contributed by atoms with Crippen LogP contribution in [0.1, 0.15) is 19.4 Å². The molecule has 0 fully saturated rings. The summed E-state index contributed by atoms with van der Waals surface area (Å²) in [6, 6.07) is 3.35. The van der Waals surface area contributed by atoms with Crippen molar-refractivity contribution in [1.82, 2.24) is 24.1 Å². The summed E-state index contributed by atoms with van der Waals surface area (Å²) in [5.74, 6) is -1.55. The Morgan fingerprint density at radius 1 is 1.41 bits per heavy atom. The summed E-state index contributed by atoms with van der Waals surface area (Å²) < 4.78 is 39.1. The number of aliphatic hydroxyl groups is 1. The quantitative estimate of drug-likeness (QED) is 0.568. The number of hydrogen-bond donors (Lipinski definition) is 1. The first-order valence-electron chi connectivity index (χ1n) is 8.06. The van der Waals surface area contributed by atoms with Crippen molar-refractivity contribution < 1.29 is 18.6 Å². The van der Waals surface area contributed by atoms with Gasteiger partial charge in [0.25, 0.3) is 0 Å². The summed E-state index contributed by atoms with van der Waals surface area (Å²) in [5.41, 5.74) is -1.73. The van der Waals surface area contributed by atoms with E-state index in [0.29, 0.717) is 10.9 Å². The Morgan fingerprint density at radius 2 is 2.22 bits per heavy atom. The molecule has 0 aliphatic rings. The van der Waals surface area contributed by atoms with E-state index in [1.807, 2.05) is 6.92 Å². The second kappa shape index (κ2) is 8.28. The maximum atomic E-state index is 14.5. The van der Waals surface area contributed by atoms with Crippen molar-refractivity contribution in [1.29, 1.82) is 0 Å². The van der Waals surface area contributed by atoms with E-state index in [2.05, 4.69) is 19.4 Å². The third-order valence-electron chi connectivity index (χ3n) is 3.88. The number of halogens is 2. The molecule has 1 aromatic carbocycles. The Labute approximate surface area is 162 Å². The Bertz CT molecular complexity index is 893. The molecule has 11 heteroatoms. The zero-order valence-corrected chi connectivity index (χ0v) is 16.2. The first-order chi connectivity index (χ1) is 12.9. The van der Waals surface area contributed by atoms with Crippen molar-refractivity contribution >= 4 is 23.3 Å². The van der Waals surface area contributed by atoms with Crippen LogP contribution in [0.15, 0.2) is 35.2 Å². The van der Waals surface area contributed by atoms with Crippen LogP contribution in [0, 0.1) is 11.6 Å². The molecule has 3 rings (SSSR count). The lowest BCUT2D eigenvalue weighted by Crippen LogP contribution is -2.41. The highest BCUT2D eigenvalue weighted by Crippen LogP contribution is 2.40. The van der Waals surface area contributed by atoms with E-state index in [-0.39, 0.29) is 18.1 Å². The molecule has 0 saturated heterocycles. The minimum absolute atomic E-state index is 0.0334. The van der Waals surface area contributed by atoms with Gasteiger partial charge < -0.3 is 9.84 Å². The smallest absolute Gasteiger partial charge is 0.329 e. The fourth-order valence-electron chi connectivity index (χ4n) is 2.52. The van der Waals surface area contributed by atoms with E-state index in [4.69, 9.17) is 4.74 Å². The van der Waals surface area contributed by atoms with Crippen molar-refractivity contribution in [2.75, 3.05) is 6.61 Å². The fourth-order valence-corrected chi connectivity index (χ4v) is 4.43. The van der Waals surface area contributed by atoms with E-state index in [9.17, 15) is 13.9 Å². The standard InChI is InChI=1S/C16H17F2N5O2S2/c1-3-25-14-21-15(27-22-14)26-10(2)16(24,7-23-9-19-8-20-23)12-5-4-11(17)6-13(12)18/h4-6,8-10,24H,3,7H2,1-2H3/t10-,16?/m1/s1. The zero-order chi connectivity index (χ0) is 19.4. The summed E-state index contributed by atoms with van der Waals surface area (Å²) in [7, 11) is 0. The molecule has 0 aliphatic heterocycles. The topological polar surface area (TPSA) is 86.0 Å². The van der Waals surface area contributed by atoms with Crippen LogP contribution in [-0.4, -0.2) is 41.1 Å². The van der Waals surface area contributed by atoms with Crippen molar-refractivity contribution in [3.05, 3.63) is 48.1 Å². The summed E-state index contributed by atoms with van der Waals surface area (Å²) in [6.45, 7) is 3.92. The lowest BCUT2D eigenvalue weighted by atomic mass is 9.90. The lowest BCUT2D eigenvalue weighted by Gasteiger charge is -2.33. The van der Waals surface area contributed by atoms with Crippen LogP contribution in [0.5, 0.6) is 6.01 Å². The molecular formula is C16H17F2N5O2S2. The van der Waals surface area contributed by atoms with Crippen LogP contribution in [0.25, 0.3) is 0 Å². The van der Waals surface area contributed by atoms with E-state index in [1.54, 1.807) is 6.92 Å². The molecule has 2 aromatic heterocycles. The molecule has 1 unspecified atom stereocenters. The molecule has 1 N–H and O–H groups in total. The lowest BCUT2D eigenvalue weighted by molar-refractivity contribution is 0.0133. The highest BCUT2D eigenvalue weighted by molar-refractivity contribution is 8.01. The SMILES string of the molecule is CCOc1nsc(S[C@H](C)C(O)(Cn2cncn2)c2ccc(F)cc2F)n1. The average molecular weight is 413 g/mol. The minimum atomic E-state index is -1.70. The number of thioether (sulfide) groups is 1. The molecule has 144 valence electrons. The monoisotopic (exact) mass is 413 g/mol. The average Bonchev–Trinajstić information content (AvgIpc) is 3.27. The predicted octanol–water partition coefficient (Wildman–Crippen LogP) is 2.88. The summed E-state index contributed by atoms with van der Waals surface area (Å²) in [5, 5.41) is 14.8. The van der Waals surface area contributed by atoms with Gasteiger partial charge in [0.2, 0.25) is 0 Å². The van der Waals surface area contributed by atoms with E-state index < -0.39 is 22.5 Å². The maximum absolute atomic E-state index is 14.5. The molecule has 0 amide bonds. The highest BCUT2D eigenvalue weighted by atomic mass is 32.2. The second-order valence-electron chi connectivity index (χ2n) is 5.68. The molecule has 0 saturated carbocycles. The van der Waals surface area contributed by atoms with Crippen LogP contribution in [0.3, 0.4) is 0 Å². The molecule has 2 atom stereocenters. The van der Waals surface area contributed by atoms with Gasteiger partial charge in [-0.25, -0.2) is 18.4 Å². The highest BCUT2D eigenvalue weighted by Gasteiger charge is 2.40. The molecule has 3 aromatic rings. The van der Waals surface area contributed by atoms with Crippen LogP contribution in [0.4, 0.5) is 8.78 Å². The largest absolute Gasteiger partial charge is 0.463 e. The van der Waals surface area contributed by atoms with Crippen LogP contribution in [0.2, 0.25) is 0 Å². The van der Waals surface area contributed by atoms with Gasteiger partial charge in [-0.15, -0.1) is 4.37 Å². The van der Waals surface area contributed by atoms with Gasteiger partial charge in [0, 0.05) is 16.9 Å². The van der Waals surface area contributed by atoms with Crippen molar-refractivity contribution in [2.24, 2.45) is 0 Å².